The van der Waals surface area contributed by atoms with Crippen molar-refractivity contribution in [3.8, 4) is 0 Å². The Kier molecular flexibility index (Phi) is 6.75. The first-order valence-corrected chi connectivity index (χ1v) is 8.69. The van der Waals surface area contributed by atoms with Crippen LogP contribution in [0, 0.1) is 0 Å². The first-order chi connectivity index (χ1) is 12.0. The van der Waals surface area contributed by atoms with Crippen LogP contribution in [0.4, 0.5) is 5.69 Å². The zero-order valence-electron chi connectivity index (χ0n) is 15.2. The van der Waals surface area contributed by atoms with Crippen LogP contribution in [-0.4, -0.2) is 22.8 Å². The van der Waals surface area contributed by atoms with Crippen molar-refractivity contribution in [1.29, 1.82) is 0 Å². The van der Waals surface area contributed by atoms with Crippen LogP contribution in [-0.2, 0) is 22.6 Å². The van der Waals surface area contributed by atoms with Gasteiger partial charge in [0.1, 0.15) is 0 Å². The smallest absolute Gasteiger partial charge is 0.227 e. The van der Waals surface area contributed by atoms with Gasteiger partial charge >= 0.3 is 0 Å². The van der Waals surface area contributed by atoms with Gasteiger partial charge in [0.05, 0.1) is 6.42 Å². The monoisotopic (exact) mass is 338 g/mol. The van der Waals surface area contributed by atoms with Crippen LogP contribution >= 0.6 is 0 Å². The molecular formula is C21H26N2O2. The highest BCUT2D eigenvalue weighted by Crippen LogP contribution is 2.15. The Hall–Kier alpha value is -2.62. The lowest BCUT2D eigenvalue weighted by Crippen LogP contribution is -2.38. The predicted octanol–water partition coefficient (Wildman–Crippen LogP) is 4.01. The molecule has 0 saturated carbocycles. The van der Waals surface area contributed by atoms with Crippen molar-refractivity contribution in [2.75, 3.05) is 5.32 Å². The molecule has 0 aliphatic heterocycles. The summed E-state index contributed by atoms with van der Waals surface area (Å²) in [5.74, 6) is 0.0140. The summed E-state index contributed by atoms with van der Waals surface area (Å²) < 4.78 is 0. The molecule has 0 aromatic heterocycles. The predicted molar refractivity (Wildman–Crippen MR) is 101 cm³/mol. The van der Waals surface area contributed by atoms with E-state index < -0.39 is 0 Å². The number of rotatable bonds is 7. The number of nitrogens with zero attached hydrogens (tertiary/aromatic N) is 1. The lowest BCUT2D eigenvalue weighted by Gasteiger charge is -2.29. The third-order valence-electron chi connectivity index (χ3n) is 4.27. The molecule has 0 fully saturated rings. The quantitative estimate of drug-likeness (QED) is 0.829. The Bertz CT molecular complexity index is 696. The van der Waals surface area contributed by atoms with Gasteiger partial charge in [-0.1, -0.05) is 49.4 Å². The van der Waals surface area contributed by atoms with Crippen LogP contribution in [0.3, 0.4) is 0 Å². The van der Waals surface area contributed by atoms with Gasteiger partial charge in [0.15, 0.2) is 0 Å². The molecule has 0 aliphatic carbocycles. The molecule has 4 nitrogen and oxygen atoms in total. The van der Waals surface area contributed by atoms with E-state index in [-0.39, 0.29) is 17.9 Å². The highest BCUT2D eigenvalue weighted by molar-refractivity contribution is 5.88. The Balaban J connectivity index is 2.07. The lowest BCUT2D eigenvalue weighted by atomic mass is 10.1. The molecule has 0 radical (unpaired) electrons. The van der Waals surface area contributed by atoms with Crippen molar-refractivity contribution < 1.29 is 9.59 Å². The third-order valence-corrected chi connectivity index (χ3v) is 4.27. The SMILES string of the molecule is CCC(C)N(Cc1ccccc1)C(=O)Cc1ccc(NC(C)=O)cc1. The molecule has 1 N–H and O–H groups in total. The highest BCUT2D eigenvalue weighted by Gasteiger charge is 2.19. The number of carbonyl (C=O) groups is 2. The number of amides is 2. The minimum absolute atomic E-state index is 0.102. The van der Waals surface area contributed by atoms with E-state index >= 15 is 0 Å². The van der Waals surface area contributed by atoms with Crippen molar-refractivity contribution in [1.82, 2.24) is 4.90 Å². The molecule has 1 atom stereocenters. The molecule has 0 spiro atoms. The molecule has 0 heterocycles. The van der Waals surface area contributed by atoms with E-state index in [2.05, 4.69) is 19.2 Å². The Morgan fingerprint density at radius 2 is 1.64 bits per heavy atom. The third kappa shape index (κ3) is 5.75. The minimum Gasteiger partial charge on any atom is -0.335 e. The average molecular weight is 338 g/mol. The Morgan fingerprint density at radius 1 is 1.00 bits per heavy atom. The molecule has 1 unspecified atom stereocenters. The van der Waals surface area contributed by atoms with Gasteiger partial charge in [-0.05, 0) is 36.6 Å². The summed E-state index contributed by atoms with van der Waals surface area (Å²) in [7, 11) is 0. The van der Waals surface area contributed by atoms with Crippen LogP contribution in [0.5, 0.6) is 0 Å². The Morgan fingerprint density at radius 3 is 2.20 bits per heavy atom. The van der Waals surface area contributed by atoms with Crippen molar-refractivity contribution in [3.05, 3.63) is 65.7 Å². The van der Waals surface area contributed by atoms with Crippen LogP contribution in [0.25, 0.3) is 0 Å². The lowest BCUT2D eigenvalue weighted by molar-refractivity contribution is -0.133. The van der Waals surface area contributed by atoms with E-state index in [9.17, 15) is 9.59 Å². The molecule has 0 aliphatic rings. The first-order valence-electron chi connectivity index (χ1n) is 8.69. The summed E-state index contributed by atoms with van der Waals surface area (Å²) in [5.41, 5.74) is 2.82. The van der Waals surface area contributed by atoms with E-state index in [0.29, 0.717) is 13.0 Å². The second kappa shape index (κ2) is 9.02. The fraction of sp³-hybridized carbons (Fsp3) is 0.333. The summed E-state index contributed by atoms with van der Waals surface area (Å²) in [5, 5.41) is 2.73. The van der Waals surface area contributed by atoms with Gasteiger partial charge in [0.2, 0.25) is 11.8 Å². The van der Waals surface area contributed by atoms with Crippen molar-refractivity contribution in [2.45, 2.75) is 46.2 Å². The maximum Gasteiger partial charge on any atom is 0.227 e. The van der Waals surface area contributed by atoms with Gasteiger partial charge in [-0.15, -0.1) is 0 Å². The fourth-order valence-corrected chi connectivity index (χ4v) is 2.68. The largest absolute Gasteiger partial charge is 0.335 e. The molecule has 0 bridgehead atoms. The summed E-state index contributed by atoms with van der Waals surface area (Å²) in [6, 6.07) is 17.7. The van der Waals surface area contributed by atoms with E-state index in [0.717, 1.165) is 23.2 Å². The maximum absolute atomic E-state index is 12.8. The molecule has 2 aromatic carbocycles. The summed E-state index contributed by atoms with van der Waals surface area (Å²) in [6.07, 6.45) is 1.28. The molecule has 2 rings (SSSR count). The van der Waals surface area contributed by atoms with Gasteiger partial charge in [0.25, 0.3) is 0 Å². The Labute approximate surface area is 149 Å². The van der Waals surface area contributed by atoms with Crippen LogP contribution in [0.15, 0.2) is 54.6 Å². The topological polar surface area (TPSA) is 49.4 Å². The summed E-state index contributed by atoms with van der Waals surface area (Å²) >= 11 is 0. The van der Waals surface area contributed by atoms with E-state index in [1.807, 2.05) is 59.5 Å². The molecule has 25 heavy (non-hydrogen) atoms. The zero-order chi connectivity index (χ0) is 18.2. The highest BCUT2D eigenvalue weighted by atomic mass is 16.2. The molecular weight excluding hydrogens is 312 g/mol. The molecule has 132 valence electrons. The standard InChI is InChI=1S/C21H26N2O2/c1-4-16(2)23(15-19-8-6-5-7-9-19)21(25)14-18-10-12-20(13-11-18)22-17(3)24/h5-13,16H,4,14-15H2,1-3H3,(H,22,24). The number of benzene rings is 2. The van der Waals surface area contributed by atoms with Crippen LogP contribution in [0.2, 0.25) is 0 Å². The molecule has 4 heteroatoms. The van der Waals surface area contributed by atoms with E-state index in [1.165, 1.54) is 6.92 Å². The second-order valence-electron chi connectivity index (χ2n) is 6.32. The van der Waals surface area contributed by atoms with E-state index in [4.69, 9.17) is 0 Å². The van der Waals surface area contributed by atoms with Crippen LogP contribution in [0.1, 0.15) is 38.3 Å². The van der Waals surface area contributed by atoms with Crippen LogP contribution < -0.4 is 5.32 Å². The number of nitrogens with one attached hydrogen (secondary N) is 1. The summed E-state index contributed by atoms with van der Waals surface area (Å²) in [4.78, 5) is 25.9. The normalized spacial score (nSPS) is 11.6. The van der Waals surface area contributed by atoms with Gasteiger partial charge in [0, 0.05) is 25.2 Å². The number of carbonyl (C=O) groups excluding carboxylic acids is 2. The van der Waals surface area contributed by atoms with Gasteiger partial charge in [-0.25, -0.2) is 0 Å². The van der Waals surface area contributed by atoms with Gasteiger partial charge < -0.3 is 10.2 Å². The second-order valence-corrected chi connectivity index (χ2v) is 6.32. The van der Waals surface area contributed by atoms with Gasteiger partial charge in [-0.2, -0.15) is 0 Å². The minimum atomic E-state index is -0.102. The molecule has 0 saturated heterocycles. The van der Waals surface area contributed by atoms with Gasteiger partial charge in [-0.3, -0.25) is 9.59 Å². The summed E-state index contributed by atoms with van der Waals surface area (Å²) in [6.45, 7) is 6.28. The zero-order valence-corrected chi connectivity index (χ0v) is 15.2. The van der Waals surface area contributed by atoms with E-state index in [1.54, 1.807) is 0 Å². The number of hydrogen-bond donors (Lipinski definition) is 1. The number of anilines is 1. The maximum atomic E-state index is 12.8. The molecule has 2 amide bonds. The number of hydrogen-bond acceptors (Lipinski definition) is 2. The van der Waals surface area contributed by atoms with Crippen molar-refractivity contribution >= 4 is 17.5 Å². The van der Waals surface area contributed by atoms with Crippen molar-refractivity contribution in [2.24, 2.45) is 0 Å². The average Bonchev–Trinajstić information content (AvgIpc) is 2.61. The first kappa shape index (κ1) is 18.7. The van der Waals surface area contributed by atoms with Crippen molar-refractivity contribution in [3.63, 3.8) is 0 Å². The fourth-order valence-electron chi connectivity index (χ4n) is 2.68. The molecule has 2 aromatic rings.